The van der Waals surface area contributed by atoms with Gasteiger partial charge in [-0.05, 0) is 58.8 Å². The molecule has 0 atom stereocenters. The van der Waals surface area contributed by atoms with Gasteiger partial charge in [0.25, 0.3) is 0 Å². The van der Waals surface area contributed by atoms with Crippen LogP contribution in [0.2, 0.25) is 0 Å². The number of carboxylic acids is 1. The highest BCUT2D eigenvalue weighted by Gasteiger charge is 2.07. The molecular weight excluding hydrogens is 367 g/mol. The number of benzene rings is 2. The fourth-order valence-corrected chi connectivity index (χ4v) is 2.32. The molecule has 0 radical (unpaired) electrons. The number of aliphatic carboxylic acids is 1. The summed E-state index contributed by atoms with van der Waals surface area (Å²) in [6, 6.07) is 13.7. The number of aryl methyl sites for hydroxylation is 1. The molecule has 0 aliphatic rings. The number of carboxylic acid groups (broad SMARTS) is 1. The van der Waals surface area contributed by atoms with Crippen LogP contribution in [-0.2, 0) is 17.8 Å². The lowest BCUT2D eigenvalue weighted by molar-refractivity contribution is -0.136. The molecule has 0 saturated heterocycles. The second-order valence-corrected chi connectivity index (χ2v) is 5.76. The summed E-state index contributed by atoms with van der Waals surface area (Å²) in [4.78, 5) is 10.8. The molecule has 1 N–H and O–H groups in total. The minimum absolute atomic E-state index is 0.0139. The third-order valence-electron chi connectivity index (χ3n) is 2.88. The molecule has 2 aromatic rings. The Morgan fingerprint density at radius 2 is 1.90 bits per heavy atom. The van der Waals surface area contributed by atoms with E-state index in [9.17, 15) is 4.79 Å². The Labute approximate surface area is 131 Å². The Bertz CT molecular complexity index is 606. The van der Waals surface area contributed by atoms with E-state index >= 15 is 0 Å². The van der Waals surface area contributed by atoms with Crippen molar-refractivity contribution in [2.75, 3.05) is 0 Å². The lowest BCUT2D eigenvalue weighted by atomic mass is 10.1. The van der Waals surface area contributed by atoms with Crippen LogP contribution in [0, 0.1) is 10.5 Å². The van der Waals surface area contributed by atoms with Crippen LogP contribution in [0.1, 0.15) is 16.7 Å². The fraction of sp³-hybridized carbons (Fsp3) is 0.188. The smallest absolute Gasteiger partial charge is 0.307 e. The van der Waals surface area contributed by atoms with Crippen LogP contribution in [0.3, 0.4) is 0 Å². The fourth-order valence-electron chi connectivity index (χ4n) is 1.79. The van der Waals surface area contributed by atoms with E-state index in [2.05, 4.69) is 22.6 Å². The van der Waals surface area contributed by atoms with Crippen molar-refractivity contribution in [3.8, 4) is 5.75 Å². The third-order valence-corrected chi connectivity index (χ3v) is 3.94. The van der Waals surface area contributed by atoms with Crippen molar-refractivity contribution < 1.29 is 14.6 Å². The summed E-state index contributed by atoms with van der Waals surface area (Å²) in [7, 11) is 0. The molecule has 3 nitrogen and oxygen atoms in total. The minimum Gasteiger partial charge on any atom is -0.489 e. The Balaban J connectivity index is 2.06. The SMILES string of the molecule is Cc1ccc(COc2ccc(I)c(CC(=O)O)c2)cc1. The molecular formula is C16H15IO3. The summed E-state index contributed by atoms with van der Waals surface area (Å²) in [5.74, 6) is -0.138. The monoisotopic (exact) mass is 382 g/mol. The van der Waals surface area contributed by atoms with Gasteiger partial charge < -0.3 is 9.84 Å². The van der Waals surface area contributed by atoms with Gasteiger partial charge in [-0.15, -0.1) is 0 Å². The zero-order valence-electron chi connectivity index (χ0n) is 11.1. The van der Waals surface area contributed by atoms with Gasteiger partial charge in [-0.3, -0.25) is 4.79 Å². The first-order chi connectivity index (χ1) is 9.54. The van der Waals surface area contributed by atoms with Crippen molar-refractivity contribution in [3.05, 3.63) is 62.7 Å². The molecule has 0 unspecified atom stereocenters. The predicted molar refractivity (Wildman–Crippen MR) is 86.0 cm³/mol. The lowest BCUT2D eigenvalue weighted by Gasteiger charge is -2.09. The molecule has 0 bridgehead atoms. The van der Waals surface area contributed by atoms with Crippen molar-refractivity contribution in [2.24, 2.45) is 0 Å². The van der Waals surface area contributed by atoms with E-state index in [4.69, 9.17) is 9.84 Å². The highest BCUT2D eigenvalue weighted by atomic mass is 127. The molecule has 104 valence electrons. The second-order valence-electron chi connectivity index (χ2n) is 4.60. The topological polar surface area (TPSA) is 46.5 Å². The first-order valence-corrected chi connectivity index (χ1v) is 7.31. The summed E-state index contributed by atoms with van der Waals surface area (Å²) in [6.45, 7) is 2.52. The van der Waals surface area contributed by atoms with E-state index in [1.54, 1.807) is 6.07 Å². The maximum Gasteiger partial charge on any atom is 0.307 e. The van der Waals surface area contributed by atoms with Gasteiger partial charge in [0.05, 0.1) is 6.42 Å². The quantitative estimate of drug-likeness (QED) is 0.801. The Kier molecular flexibility index (Phi) is 5.00. The molecule has 2 rings (SSSR count). The van der Waals surface area contributed by atoms with Gasteiger partial charge in [0, 0.05) is 3.57 Å². The number of hydrogen-bond donors (Lipinski definition) is 1. The van der Waals surface area contributed by atoms with E-state index in [0.717, 1.165) is 14.7 Å². The summed E-state index contributed by atoms with van der Waals surface area (Å²) in [5.41, 5.74) is 3.08. The number of hydrogen-bond acceptors (Lipinski definition) is 2. The highest BCUT2D eigenvalue weighted by molar-refractivity contribution is 14.1. The van der Waals surface area contributed by atoms with Gasteiger partial charge in [-0.2, -0.15) is 0 Å². The Hall–Kier alpha value is -1.56. The summed E-state index contributed by atoms with van der Waals surface area (Å²) < 4.78 is 6.65. The van der Waals surface area contributed by atoms with Gasteiger partial charge in [0.1, 0.15) is 12.4 Å². The van der Waals surface area contributed by atoms with Crippen molar-refractivity contribution in [3.63, 3.8) is 0 Å². The molecule has 4 heteroatoms. The van der Waals surface area contributed by atoms with Crippen LogP contribution < -0.4 is 4.74 Å². The highest BCUT2D eigenvalue weighted by Crippen LogP contribution is 2.21. The van der Waals surface area contributed by atoms with Crippen LogP contribution in [0.5, 0.6) is 5.75 Å². The second kappa shape index (κ2) is 6.74. The minimum atomic E-state index is -0.835. The molecule has 2 aromatic carbocycles. The van der Waals surface area contributed by atoms with Crippen molar-refractivity contribution in [1.29, 1.82) is 0 Å². The maximum atomic E-state index is 10.8. The molecule has 0 spiro atoms. The van der Waals surface area contributed by atoms with Gasteiger partial charge in [-0.25, -0.2) is 0 Å². The van der Waals surface area contributed by atoms with Crippen LogP contribution >= 0.6 is 22.6 Å². The molecule has 0 saturated carbocycles. The summed E-state index contributed by atoms with van der Waals surface area (Å²) in [5, 5.41) is 8.87. The van der Waals surface area contributed by atoms with E-state index < -0.39 is 5.97 Å². The lowest BCUT2D eigenvalue weighted by Crippen LogP contribution is -2.03. The van der Waals surface area contributed by atoms with Gasteiger partial charge in [-0.1, -0.05) is 29.8 Å². The van der Waals surface area contributed by atoms with E-state index in [1.165, 1.54) is 5.56 Å². The van der Waals surface area contributed by atoms with E-state index in [1.807, 2.05) is 43.3 Å². The summed E-state index contributed by atoms with van der Waals surface area (Å²) >= 11 is 2.14. The van der Waals surface area contributed by atoms with Gasteiger partial charge >= 0.3 is 5.97 Å². The van der Waals surface area contributed by atoms with Crippen LogP contribution in [0.4, 0.5) is 0 Å². The zero-order chi connectivity index (χ0) is 14.5. The average Bonchev–Trinajstić information content (AvgIpc) is 2.41. The van der Waals surface area contributed by atoms with E-state index in [0.29, 0.717) is 12.4 Å². The van der Waals surface area contributed by atoms with Crippen molar-refractivity contribution in [1.82, 2.24) is 0 Å². The molecule has 0 amide bonds. The molecule has 0 aromatic heterocycles. The largest absolute Gasteiger partial charge is 0.489 e. The molecule has 0 fully saturated rings. The van der Waals surface area contributed by atoms with Crippen molar-refractivity contribution in [2.45, 2.75) is 20.0 Å². The van der Waals surface area contributed by atoms with Gasteiger partial charge in [0.2, 0.25) is 0 Å². The molecule has 0 aliphatic heterocycles. The Morgan fingerprint density at radius 3 is 2.55 bits per heavy atom. The predicted octanol–water partition coefficient (Wildman–Crippen LogP) is 3.81. The first-order valence-electron chi connectivity index (χ1n) is 6.23. The number of carbonyl (C=O) groups is 1. The molecule has 0 heterocycles. The number of ether oxygens (including phenoxy) is 1. The normalized spacial score (nSPS) is 10.3. The molecule has 0 aliphatic carbocycles. The van der Waals surface area contributed by atoms with E-state index in [-0.39, 0.29) is 6.42 Å². The first kappa shape index (κ1) is 14.8. The Morgan fingerprint density at radius 1 is 1.20 bits per heavy atom. The third kappa shape index (κ3) is 4.23. The zero-order valence-corrected chi connectivity index (χ0v) is 13.3. The van der Waals surface area contributed by atoms with Gasteiger partial charge in [0.15, 0.2) is 0 Å². The molecule has 20 heavy (non-hydrogen) atoms. The number of rotatable bonds is 5. The standard InChI is InChI=1S/C16H15IO3/c1-11-2-4-12(5-3-11)10-20-14-6-7-15(17)13(8-14)9-16(18)19/h2-8H,9-10H2,1H3,(H,18,19). The van der Waals surface area contributed by atoms with Crippen LogP contribution in [0.25, 0.3) is 0 Å². The van der Waals surface area contributed by atoms with Crippen LogP contribution in [0.15, 0.2) is 42.5 Å². The average molecular weight is 382 g/mol. The van der Waals surface area contributed by atoms with Crippen molar-refractivity contribution >= 4 is 28.6 Å². The summed E-state index contributed by atoms with van der Waals surface area (Å²) in [6.07, 6.45) is 0.0139. The maximum absolute atomic E-state index is 10.8. The van der Waals surface area contributed by atoms with Crippen LogP contribution in [-0.4, -0.2) is 11.1 Å². The number of halogens is 1.